The fraction of sp³-hybridized carbons (Fsp3) is 0.333. The van der Waals surface area contributed by atoms with Crippen molar-refractivity contribution in [2.24, 2.45) is 5.84 Å². The molecule has 18 heavy (non-hydrogen) atoms. The van der Waals surface area contributed by atoms with Gasteiger partial charge in [0.25, 0.3) is 0 Å². The van der Waals surface area contributed by atoms with Gasteiger partial charge < -0.3 is 9.84 Å². The van der Waals surface area contributed by atoms with Crippen LogP contribution in [0.1, 0.15) is 24.1 Å². The van der Waals surface area contributed by atoms with Gasteiger partial charge in [0.1, 0.15) is 22.4 Å². The normalized spacial score (nSPS) is 10.7. The summed E-state index contributed by atoms with van der Waals surface area (Å²) in [5.41, 5.74) is 3.56. The van der Waals surface area contributed by atoms with Crippen LogP contribution in [0.2, 0.25) is 0 Å². The number of nitrogens with two attached hydrogens (primary N) is 1. The Morgan fingerprint density at radius 1 is 1.39 bits per heavy atom. The molecule has 96 valence electrons. The maximum absolute atomic E-state index is 5.48. The highest BCUT2D eigenvalue weighted by molar-refractivity contribution is 7.99. The van der Waals surface area contributed by atoms with Crippen molar-refractivity contribution >= 4 is 17.6 Å². The number of rotatable bonds is 4. The SMILES string of the molecule is CCc1nc(NN)c(C)c(Sc2ccoc2C)n1. The quantitative estimate of drug-likeness (QED) is 0.502. The summed E-state index contributed by atoms with van der Waals surface area (Å²) in [6, 6.07) is 1.93. The van der Waals surface area contributed by atoms with Crippen molar-refractivity contribution in [1.29, 1.82) is 0 Å². The molecule has 0 amide bonds. The monoisotopic (exact) mass is 264 g/mol. The molecule has 3 N–H and O–H groups in total. The maximum atomic E-state index is 5.48. The van der Waals surface area contributed by atoms with E-state index in [1.54, 1.807) is 18.0 Å². The highest BCUT2D eigenvalue weighted by Gasteiger charge is 2.12. The number of anilines is 1. The van der Waals surface area contributed by atoms with Crippen molar-refractivity contribution in [1.82, 2.24) is 9.97 Å². The lowest BCUT2D eigenvalue weighted by Crippen LogP contribution is -2.13. The molecule has 0 aromatic carbocycles. The van der Waals surface area contributed by atoms with E-state index >= 15 is 0 Å². The second-order valence-electron chi connectivity index (χ2n) is 3.86. The van der Waals surface area contributed by atoms with E-state index in [0.717, 1.165) is 33.5 Å². The van der Waals surface area contributed by atoms with Crippen molar-refractivity contribution < 1.29 is 4.42 Å². The van der Waals surface area contributed by atoms with Crippen molar-refractivity contribution in [3.05, 3.63) is 29.5 Å². The molecule has 0 bridgehead atoms. The molecule has 0 aliphatic rings. The van der Waals surface area contributed by atoms with Crippen LogP contribution in [0.5, 0.6) is 0 Å². The number of nitrogens with one attached hydrogen (secondary N) is 1. The number of aryl methyl sites for hydroxylation is 2. The molecule has 0 atom stereocenters. The standard InChI is InChI=1S/C12H16N4OS/c1-4-10-14-11(16-13)7(2)12(15-10)18-9-5-6-17-8(9)3/h5-6H,4,13H2,1-3H3,(H,14,15,16). The highest BCUT2D eigenvalue weighted by atomic mass is 32.2. The van der Waals surface area contributed by atoms with Gasteiger partial charge in [0, 0.05) is 12.0 Å². The fourth-order valence-corrected chi connectivity index (χ4v) is 2.45. The van der Waals surface area contributed by atoms with Crippen LogP contribution in [0.3, 0.4) is 0 Å². The lowest BCUT2D eigenvalue weighted by atomic mass is 10.3. The van der Waals surface area contributed by atoms with E-state index in [1.165, 1.54) is 0 Å². The zero-order valence-corrected chi connectivity index (χ0v) is 11.5. The first-order valence-electron chi connectivity index (χ1n) is 5.71. The summed E-state index contributed by atoms with van der Waals surface area (Å²) < 4.78 is 5.29. The van der Waals surface area contributed by atoms with Gasteiger partial charge in [-0.1, -0.05) is 18.7 Å². The van der Waals surface area contributed by atoms with Crippen molar-refractivity contribution in [2.45, 2.75) is 37.1 Å². The third kappa shape index (κ3) is 2.49. The molecule has 6 heteroatoms. The third-order valence-electron chi connectivity index (χ3n) is 2.62. The van der Waals surface area contributed by atoms with Crippen LogP contribution in [0.15, 0.2) is 26.7 Å². The molecule has 0 unspecified atom stereocenters. The van der Waals surface area contributed by atoms with Gasteiger partial charge >= 0.3 is 0 Å². The van der Waals surface area contributed by atoms with Gasteiger partial charge in [-0.15, -0.1) is 0 Å². The van der Waals surface area contributed by atoms with E-state index in [-0.39, 0.29) is 0 Å². The Bertz CT molecular complexity index is 553. The van der Waals surface area contributed by atoms with E-state index in [0.29, 0.717) is 5.82 Å². The van der Waals surface area contributed by atoms with Crippen molar-refractivity contribution in [3.63, 3.8) is 0 Å². The number of furan rings is 1. The Kier molecular flexibility index (Phi) is 3.88. The minimum Gasteiger partial charge on any atom is -0.468 e. The lowest BCUT2D eigenvalue weighted by Gasteiger charge is -2.10. The van der Waals surface area contributed by atoms with Gasteiger partial charge in [-0.3, -0.25) is 0 Å². The molecule has 0 aliphatic carbocycles. The van der Waals surface area contributed by atoms with Crippen LogP contribution in [-0.2, 0) is 6.42 Å². The minimum atomic E-state index is 0.672. The van der Waals surface area contributed by atoms with Gasteiger partial charge in [-0.2, -0.15) is 0 Å². The van der Waals surface area contributed by atoms with Gasteiger partial charge in [0.15, 0.2) is 0 Å². The predicted octanol–water partition coefficient (Wildman–Crippen LogP) is 2.69. The summed E-state index contributed by atoms with van der Waals surface area (Å²) in [5, 5.41) is 0.902. The number of hydrazine groups is 1. The summed E-state index contributed by atoms with van der Waals surface area (Å²) in [7, 11) is 0. The number of hydrogen-bond acceptors (Lipinski definition) is 6. The molecule has 2 rings (SSSR count). The average molecular weight is 264 g/mol. The highest BCUT2D eigenvalue weighted by Crippen LogP contribution is 2.33. The largest absolute Gasteiger partial charge is 0.468 e. The number of nitrogens with zero attached hydrogens (tertiary/aromatic N) is 2. The van der Waals surface area contributed by atoms with Gasteiger partial charge in [0.2, 0.25) is 0 Å². The van der Waals surface area contributed by atoms with Crippen LogP contribution in [-0.4, -0.2) is 9.97 Å². The first-order valence-corrected chi connectivity index (χ1v) is 6.53. The number of aromatic nitrogens is 2. The molecule has 5 nitrogen and oxygen atoms in total. The Morgan fingerprint density at radius 2 is 2.17 bits per heavy atom. The topological polar surface area (TPSA) is 77.0 Å². The summed E-state index contributed by atoms with van der Waals surface area (Å²) in [4.78, 5) is 9.92. The van der Waals surface area contributed by atoms with Gasteiger partial charge in [0.05, 0.1) is 11.2 Å². The van der Waals surface area contributed by atoms with Crippen LogP contribution in [0.25, 0.3) is 0 Å². The van der Waals surface area contributed by atoms with Gasteiger partial charge in [-0.05, 0) is 19.9 Å². The van der Waals surface area contributed by atoms with E-state index in [2.05, 4.69) is 15.4 Å². The van der Waals surface area contributed by atoms with Crippen molar-refractivity contribution in [3.8, 4) is 0 Å². The molecule has 0 saturated heterocycles. The minimum absolute atomic E-state index is 0.672. The first-order chi connectivity index (χ1) is 8.65. The van der Waals surface area contributed by atoms with E-state index in [1.807, 2.05) is 26.8 Å². The molecule has 0 saturated carbocycles. The second kappa shape index (κ2) is 5.41. The fourth-order valence-electron chi connectivity index (χ4n) is 1.52. The number of nitrogen functional groups attached to an aromatic ring is 1. The Balaban J connectivity index is 2.40. The van der Waals surface area contributed by atoms with Crippen molar-refractivity contribution in [2.75, 3.05) is 5.43 Å². The summed E-state index contributed by atoms with van der Waals surface area (Å²) in [5.74, 6) is 7.81. The molecule has 0 spiro atoms. The zero-order valence-electron chi connectivity index (χ0n) is 10.7. The molecular weight excluding hydrogens is 248 g/mol. The summed E-state index contributed by atoms with van der Waals surface area (Å²) >= 11 is 1.57. The van der Waals surface area contributed by atoms with E-state index < -0.39 is 0 Å². The Morgan fingerprint density at radius 3 is 2.72 bits per heavy atom. The summed E-state index contributed by atoms with van der Waals surface area (Å²) in [6.45, 7) is 5.90. The smallest absolute Gasteiger partial charge is 0.147 e. The number of hydrogen-bond donors (Lipinski definition) is 2. The second-order valence-corrected chi connectivity index (χ2v) is 4.89. The van der Waals surface area contributed by atoms with Crippen LogP contribution < -0.4 is 11.3 Å². The van der Waals surface area contributed by atoms with E-state index in [9.17, 15) is 0 Å². The van der Waals surface area contributed by atoms with Crippen LogP contribution >= 0.6 is 11.8 Å². The third-order valence-corrected chi connectivity index (χ3v) is 3.85. The first kappa shape index (κ1) is 12.9. The maximum Gasteiger partial charge on any atom is 0.147 e. The van der Waals surface area contributed by atoms with Gasteiger partial charge in [-0.25, -0.2) is 15.8 Å². The average Bonchev–Trinajstić information content (AvgIpc) is 2.77. The van der Waals surface area contributed by atoms with E-state index in [4.69, 9.17) is 10.3 Å². The molecular formula is C12H16N4OS. The molecule has 0 fully saturated rings. The van der Waals surface area contributed by atoms with Crippen LogP contribution in [0, 0.1) is 13.8 Å². The molecule has 2 aromatic rings. The Labute approximate surface area is 110 Å². The lowest BCUT2D eigenvalue weighted by molar-refractivity contribution is 0.527. The molecule has 0 aliphatic heterocycles. The molecule has 0 radical (unpaired) electrons. The zero-order chi connectivity index (χ0) is 13.1. The summed E-state index contributed by atoms with van der Waals surface area (Å²) in [6.07, 6.45) is 2.45. The predicted molar refractivity (Wildman–Crippen MR) is 71.5 cm³/mol. The Hall–Kier alpha value is -1.53. The van der Waals surface area contributed by atoms with Crippen LogP contribution in [0.4, 0.5) is 5.82 Å². The molecule has 2 aromatic heterocycles. The molecule has 2 heterocycles.